The lowest BCUT2D eigenvalue weighted by molar-refractivity contribution is 0.557. The van der Waals surface area contributed by atoms with Crippen LogP contribution in [0.1, 0.15) is 19.4 Å². The first-order valence-corrected chi connectivity index (χ1v) is 11.6. The van der Waals surface area contributed by atoms with Crippen LogP contribution in [0.2, 0.25) is 0 Å². The highest BCUT2D eigenvalue weighted by Crippen LogP contribution is 2.42. The van der Waals surface area contributed by atoms with Gasteiger partial charge in [0.1, 0.15) is 11.3 Å². The van der Waals surface area contributed by atoms with E-state index in [1.165, 1.54) is 4.68 Å². The first kappa shape index (κ1) is 20.8. The molecule has 1 aliphatic rings. The average molecular weight is 445 g/mol. The molecule has 0 radical (unpaired) electrons. The normalized spacial score (nSPS) is 13.3. The fourth-order valence-corrected chi connectivity index (χ4v) is 4.80. The van der Waals surface area contributed by atoms with E-state index in [4.69, 9.17) is 0 Å². The van der Waals surface area contributed by atoms with Crippen molar-refractivity contribution in [2.24, 2.45) is 7.05 Å². The number of anilines is 1. The summed E-state index contributed by atoms with van der Waals surface area (Å²) >= 11 is 3.13. The minimum atomic E-state index is -0.105. The maximum atomic E-state index is 13.2. The van der Waals surface area contributed by atoms with Gasteiger partial charge in [-0.1, -0.05) is 37.9 Å². The summed E-state index contributed by atoms with van der Waals surface area (Å²) in [6.45, 7) is 5.06. The highest BCUT2D eigenvalue weighted by molar-refractivity contribution is 7.98. The van der Waals surface area contributed by atoms with Crippen molar-refractivity contribution >= 4 is 51.5 Å². The number of hydrazine groups is 1. The molecule has 9 nitrogen and oxygen atoms in total. The fraction of sp³-hybridized carbons (Fsp3) is 0.316. The van der Waals surface area contributed by atoms with Gasteiger partial charge in [-0.25, -0.2) is 9.40 Å². The van der Waals surface area contributed by atoms with Gasteiger partial charge in [0.2, 0.25) is 0 Å². The Kier molecular flexibility index (Phi) is 6.04. The van der Waals surface area contributed by atoms with Crippen LogP contribution in [0, 0.1) is 0 Å². The van der Waals surface area contributed by atoms with Crippen molar-refractivity contribution in [2.75, 3.05) is 18.4 Å². The molecule has 0 unspecified atom stereocenters. The molecule has 5 rings (SSSR count). The zero-order valence-electron chi connectivity index (χ0n) is 17.3. The number of rotatable bonds is 5. The number of aryl methyl sites for hydroxylation is 1. The average Bonchev–Trinajstić information content (AvgIpc) is 3.47. The number of hydrogen-bond donors (Lipinski definition) is 3. The SMILES string of the molecule is CC.CSNCN1Nc2c(c3cnn(Cc4cccc5[nH]ncc45)c(=O)c3n2C)S1. The molecular weight excluding hydrogens is 420 g/mol. The van der Waals surface area contributed by atoms with Gasteiger partial charge >= 0.3 is 0 Å². The number of nitrogens with zero attached hydrogens (tertiary/aromatic N) is 5. The maximum Gasteiger partial charge on any atom is 0.291 e. The Balaban J connectivity index is 0.00000106. The predicted octanol–water partition coefficient (Wildman–Crippen LogP) is 3.16. The molecule has 0 saturated heterocycles. The molecule has 0 aliphatic carbocycles. The molecule has 0 amide bonds. The molecule has 0 saturated carbocycles. The second kappa shape index (κ2) is 8.72. The Labute approximate surface area is 182 Å². The Morgan fingerprint density at radius 2 is 2.07 bits per heavy atom. The summed E-state index contributed by atoms with van der Waals surface area (Å²) in [4.78, 5) is 14.2. The van der Waals surface area contributed by atoms with Crippen molar-refractivity contribution in [2.45, 2.75) is 25.3 Å². The highest BCUT2D eigenvalue weighted by Gasteiger charge is 2.28. The largest absolute Gasteiger partial charge is 0.324 e. The van der Waals surface area contributed by atoms with E-state index in [1.54, 1.807) is 36.3 Å². The standard InChI is InChI=1S/C17H18N8OS2.C2H6/c1-23-14-12(15-16(23)22-25(28-15)9-20-27-2)7-19-24(17(14)26)8-10-4-3-5-13-11(10)6-18-21-13;1-2/h3-7,20,22H,8-9H2,1-2H3,(H,18,21);1-2H3. The topological polar surface area (TPSA) is 95.8 Å². The summed E-state index contributed by atoms with van der Waals surface area (Å²) in [5, 5.41) is 13.4. The van der Waals surface area contributed by atoms with E-state index in [0.29, 0.717) is 18.7 Å². The van der Waals surface area contributed by atoms with Crippen LogP contribution in [0.15, 0.2) is 40.3 Å². The molecule has 1 aromatic carbocycles. The van der Waals surface area contributed by atoms with E-state index in [9.17, 15) is 4.79 Å². The van der Waals surface area contributed by atoms with Gasteiger partial charge in [-0.05, 0) is 29.8 Å². The van der Waals surface area contributed by atoms with Crippen LogP contribution < -0.4 is 15.7 Å². The van der Waals surface area contributed by atoms with Crippen molar-refractivity contribution in [3.8, 4) is 0 Å². The Hall–Kier alpha value is -2.47. The lowest BCUT2D eigenvalue weighted by Crippen LogP contribution is -2.28. The van der Waals surface area contributed by atoms with E-state index in [-0.39, 0.29) is 5.56 Å². The molecule has 0 fully saturated rings. The zero-order chi connectivity index (χ0) is 21.3. The lowest BCUT2D eigenvalue weighted by atomic mass is 10.1. The van der Waals surface area contributed by atoms with Crippen LogP contribution in [-0.2, 0) is 13.6 Å². The number of aromatic amines is 1. The molecule has 3 N–H and O–H groups in total. The fourth-order valence-electron chi connectivity index (χ4n) is 3.47. The molecule has 0 atom stereocenters. The van der Waals surface area contributed by atoms with Gasteiger partial charge in [0, 0.05) is 17.8 Å². The molecule has 0 bridgehead atoms. The molecule has 1 aliphatic heterocycles. The number of benzene rings is 1. The number of H-pyrrole nitrogens is 1. The molecule has 11 heteroatoms. The van der Waals surface area contributed by atoms with Crippen molar-refractivity contribution in [1.29, 1.82) is 0 Å². The van der Waals surface area contributed by atoms with Crippen LogP contribution in [0.4, 0.5) is 5.82 Å². The van der Waals surface area contributed by atoms with E-state index in [2.05, 4.69) is 25.4 Å². The van der Waals surface area contributed by atoms with E-state index in [0.717, 1.165) is 32.6 Å². The first-order chi connectivity index (χ1) is 14.7. The number of hydrogen-bond acceptors (Lipinski definition) is 8. The molecule has 30 heavy (non-hydrogen) atoms. The van der Waals surface area contributed by atoms with E-state index in [1.807, 2.05) is 54.3 Å². The minimum Gasteiger partial charge on any atom is -0.324 e. The molecule has 3 aromatic heterocycles. The van der Waals surface area contributed by atoms with Gasteiger partial charge < -0.3 is 4.57 Å². The second-order valence-electron chi connectivity index (χ2n) is 6.44. The van der Waals surface area contributed by atoms with Crippen molar-refractivity contribution in [3.63, 3.8) is 0 Å². The van der Waals surface area contributed by atoms with Crippen LogP contribution in [0.3, 0.4) is 0 Å². The smallest absolute Gasteiger partial charge is 0.291 e. The van der Waals surface area contributed by atoms with Gasteiger partial charge in [0.15, 0.2) is 0 Å². The first-order valence-electron chi connectivity index (χ1n) is 9.65. The summed E-state index contributed by atoms with van der Waals surface area (Å²) in [5.74, 6) is 0.913. The molecular formula is C19H24N8OS2. The lowest BCUT2D eigenvalue weighted by Gasteiger charge is -2.15. The van der Waals surface area contributed by atoms with Crippen LogP contribution in [-0.4, -0.2) is 41.9 Å². The third-order valence-corrected chi connectivity index (χ3v) is 6.28. The number of aromatic nitrogens is 5. The van der Waals surface area contributed by atoms with Crippen LogP contribution in [0.5, 0.6) is 0 Å². The van der Waals surface area contributed by atoms with E-state index >= 15 is 0 Å². The number of nitrogens with one attached hydrogen (secondary N) is 3. The summed E-state index contributed by atoms with van der Waals surface area (Å²) in [5.41, 5.74) is 5.84. The Morgan fingerprint density at radius 3 is 2.87 bits per heavy atom. The van der Waals surface area contributed by atoms with Crippen LogP contribution >= 0.6 is 23.9 Å². The zero-order valence-corrected chi connectivity index (χ0v) is 18.9. The monoisotopic (exact) mass is 444 g/mol. The molecule has 0 spiro atoms. The van der Waals surface area contributed by atoms with Crippen molar-refractivity contribution < 1.29 is 0 Å². The summed E-state index contributed by atoms with van der Waals surface area (Å²) in [6, 6.07) is 5.91. The van der Waals surface area contributed by atoms with Gasteiger partial charge in [-0.2, -0.15) is 10.2 Å². The van der Waals surface area contributed by atoms with Gasteiger partial charge in [0.25, 0.3) is 5.56 Å². The van der Waals surface area contributed by atoms with E-state index < -0.39 is 0 Å². The van der Waals surface area contributed by atoms with Gasteiger partial charge in [0.05, 0.1) is 36.0 Å². The van der Waals surface area contributed by atoms with Gasteiger partial charge in [-0.3, -0.25) is 15.3 Å². The molecule has 4 heterocycles. The quantitative estimate of drug-likeness (QED) is 0.404. The second-order valence-corrected chi connectivity index (χ2v) is 8.17. The summed E-state index contributed by atoms with van der Waals surface area (Å²) < 4.78 is 8.62. The predicted molar refractivity (Wildman–Crippen MR) is 124 cm³/mol. The van der Waals surface area contributed by atoms with Crippen molar-refractivity contribution in [1.82, 2.24) is 33.7 Å². The highest BCUT2D eigenvalue weighted by atomic mass is 32.2. The Morgan fingerprint density at radius 1 is 1.23 bits per heavy atom. The molecule has 158 valence electrons. The van der Waals surface area contributed by atoms with Crippen molar-refractivity contribution in [3.05, 3.63) is 46.5 Å². The minimum absolute atomic E-state index is 0.105. The molecule has 4 aromatic rings. The Bertz CT molecular complexity index is 1240. The number of fused-ring (bicyclic) bond motifs is 4. The third-order valence-electron chi connectivity index (χ3n) is 4.83. The third kappa shape index (κ3) is 3.47. The maximum absolute atomic E-state index is 13.2. The van der Waals surface area contributed by atoms with Crippen LogP contribution in [0.25, 0.3) is 21.8 Å². The van der Waals surface area contributed by atoms with Gasteiger partial charge in [-0.15, -0.1) is 4.41 Å². The summed E-state index contributed by atoms with van der Waals surface area (Å²) in [7, 11) is 1.91. The summed E-state index contributed by atoms with van der Waals surface area (Å²) in [6.07, 6.45) is 5.55.